The lowest BCUT2D eigenvalue weighted by Gasteiger charge is -2.05. The average Bonchev–Trinajstić information content (AvgIpc) is 2.91. The third-order valence-electron chi connectivity index (χ3n) is 3.39. The number of nitrogens with zero attached hydrogens (tertiary/aromatic N) is 2. The molecule has 2 rings (SSSR count). The van der Waals surface area contributed by atoms with Crippen molar-refractivity contribution in [1.82, 2.24) is 10.4 Å². The van der Waals surface area contributed by atoms with E-state index in [1.807, 2.05) is 38.1 Å². The van der Waals surface area contributed by atoms with Gasteiger partial charge in [0, 0.05) is 0 Å². The van der Waals surface area contributed by atoms with Crippen molar-refractivity contribution in [3.63, 3.8) is 0 Å². The minimum absolute atomic E-state index is 0.231. The standard InChI is InChI=1S/C18H23N3O2S/c1-4-5-6-11-23-16-9-7-15(8-10-16)12-19-21-18(22)17-13(2)20-14(3)24-17/h7-10,12H,4-6,11H2,1-3H3,(H,21,22)/b19-12+. The van der Waals surface area contributed by atoms with Gasteiger partial charge in [-0.25, -0.2) is 10.4 Å². The number of nitrogens with one attached hydrogen (secondary N) is 1. The van der Waals surface area contributed by atoms with Crippen LogP contribution in [0.1, 0.15) is 52.1 Å². The summed E-state index contributed by atoms with van der Waals surface area (Å²) in [5.74, 6) is 0.619. The summed E-state index contributed by atoms with van der Waals surface area (Å²) >= 11 is 1.37. The van der Waals surface area contributed by atoms with Crippen LogP contribution in [0.25, 0.3) is 0 Å². The van der Waals surface area contributed by atoms with Gasteiger partial charge in [-0.3, -0.25) is 4.79 Å². The molecule has 0 aliphatic carbocycles. The van der Waals surface area contributed by atoms with Crippen LogP contribution in [0, 0.1) is 13.8 Å². The molecule has 0 bridgehead atoms. The Balaban J connectivity index is 1.83. The zero-order valence-corrected chi connectivity index (χ0v) is 15.2. The molecule has 0 spiro atoms. The van der Waals surface area contributed by atoms with Crippen LogP contribution in [0.5, 0.6) is 5.75 Å². The Morgan fingerprint density at radius 3 is 2.67 bits per heavy atom. The Morgan fingerprint density at radius 1 is 1.29 bits per heavy atom. The number of amides is 1. The Bertz CT molecular complexity index is 693. The quantitative estimate of drug-likeness (QED) is 0.445. The van der Waals surface area contributed by atoms with Crippen molar-refractivity contribution in [3.05, 3.63) is 45.4 Å². The normalized spacial score (nSPS) is 11.0. The molecule has 0 aliphatic rings. The molecule has 128 valence electrons. The highest BCUT2D eigenvalue weighted by atomic mass is 32.1. The van der Waals surface area contributed by atoms with E-state index in [1.54, 1.807) is 6.21 Å². The monoisotopic (exact) mass is 345 g/mol. The molecule has 5 nitrogen and oxygen atoms in total. The fourth-order valence-corrected chi connectivity index (χ4v) is 2.96. The van der Waals surface area contributed by atoms with Gasteiger partial charge in [0.05, 0.1) is 23.5 Å². The third kappa shape index (κ3) is 5.45. The Morgan fingerprint density at radius 2 is 2.04 bits per heavy atom. The lowest BCUT2D eigenvalue weighted by molar-refractivity contribution is 0.0958. The van der Waals surface area contributed by atoms with Gasteiger partial charge in [-0.05, 0) is 50.1 Å². The van der Waals surface area contributed by atoms with Gasteiger partial charge in [0.1, 0.15) is 10.6 Å². The molecule has 1 N–H and O–H groups in total. The van der Waals surface area contributed by atoms with E-state index in [4.69, 9.17) is 4.74 Å². The van der Waals surface area contributed by atoms with Crippen molar-refractivity contribution in [2.75, 3.05) is 6.61 Å². The Kier molecular flexibility index (Phi) is 6.93. The third-order valence-corrected chi connectivity index (χ3v) is 4.46. The molecule has 2 aromatic rings. The number of thiazole rings is 1. The highest BCUT2D eigenvalue weighted by Gasteiger charge is 2.12. The summed E-state index contributed by atoms with van der Waals surface area (Å²) in [7, 11) is 0. The van der Waals surface area contributed by atoms with E-state index in [-0.39, 0.29) is 5.91 Å². The first-order valence-electron chi connectivity index (χ1n) is 8.10. The van der Waals surface area contributed by atoms with Crippen LogP contribution in [-0.2, 0) is 0 Å². The molecular formula is C18H23N3O2S. The van der Waals surface area contributed by atoms with Crippen LogP contribution in [0.3, 0.4) is 0 Å². The van der Waals surface area contributed by atoms with E-state index in [0.717, 1.165) is 35.0 Å². The number of rotatable bonds is 8. The maximum Gasteiger partial charge on any atom is 0.283 e. The number of carbonyl (C=O) groups is 1. The van der Waals surface area contributed by atoms with Crippen LogP contribution >= 0.6 is 11.3 Å². The second-order valence-electron chi connectivity index (χ2n) is 5.47. The van der Waals surface area contributed by atoms with Crippen LogP contribution in [0.15, 0.2) is 29.4 Å². The van der Waals surface area contributed by atoms with Crippen molar-refractivity contribution in [2.45, 2.75) is 40.0 Å². The van der Waals surface area contributed by atoms with Gasteiger partial charge >= 0.3 is 0 Å². The predicted molar refractivity (Wildman–Crippen MR) is 98.1 cm³/mol. The summed E-state index contributed by atoms with van der Waals surface area (Å²) in [6.45, 7) is 6.61. The van der Waals surface area contributed by atoms with Crippen LogP contribution in [0.4, 0.5) is 0 Å². The second-order valence-corrected chi connectivity index (χ2v) is 6.67. The lowest BCUT2D eigenvalue weighted by atomic mass is 10.2. The molecule has 0 saturated carbocycles. The van der Waals surface area contributed by atoms with Gasteiger partial charge in [-0.2, -0.15) is 5.10 Å². The number of hydrogen-bond donors (Lipinski definition) is 1. The molecular weight excluding hydrogens is 322 g/mol. The first kappa shape index (κ1) is 18.1. The van der Waals surface area contributed by atoms with Gasteiger partial charge in [0.25, 0.3) is 5.91 Å². The summed E-state index contributed by atoms with van der Waals surface area (Å²) < 4.78 is 5.66. The molecule has 0 radical (unpaired) electrons. The molecule has 6 heteroatoms. The number of carbonyl (C=O) groups excluding carboxylic acids is 1. The SMILES string of the molecule is CCCCCOc1ccc(/C=N/NC(=O)c2sc(C)nc2C)cc1. The lowest BCUT2D eigenvalue weighted by Crippen LogP contribution is -2.17. The van der Waals surface area contributed by atoms with Crippen LogP contribution in [0.2, 0.25) is 0 Å². The number of ether oxygens (including phenoxy) is 1. The topological polar surface area (TPSA) is 63.6 Å². The molecule has 1 heterocycles. The zero-order valence-electron chi connectivity index (χ0n) is 14.3. The number of benzene rings is 1. The highest BCUT2D eigenvalue weighted by molar-refractivity contribution is 7.13. The number of aromatic nitrogens is 1. The van der Waals surface area contributed by atoms with E-state index in [1.165, 1.54) is 24.2 Å². The van der Waals surface area contributed by atoms with E-state index in [0.29, 0.717) is 4.88 Å². The molecule has 1 aromatic carbocycles. The highest BCUT2D eigenvalue weighted by Crippen LogP contribution is 2.16. The van der Waals surface area contributed by atoms with Gasteiger partial charge in [-0.15, -0.1) is 11.3 Å². The van der Waals surface area contributed by atoms with E-state index >= 15 is 0 Å². The smallest absolute Gasteiger partial charge is 0.283 e. The molecule has 1 amide bonds. The minimum atomic E-state index is -0.231. The summed E-state index contributed by atoms with van der Waals surface area (Å²) in [6.07, 6.45) is 5.05. The van der Waals surface area contributed by atoms with Crippen molar-refractivity contribution < 1.29 is 9.53 Å². The largest absolute Gasteiger partial charge is 0.494 e. The van der Waals surface area contributed by atoms with E-state index in [9.17, 15) is 4.79 Å². The fraction of sp³-hybridized carbons (Fsp3) is 0.389. The number of hydrogen-bond acceptors (Lipinski definition) is 5. The molecule has 24 heavy (non-hydrogen) atoms. The minimum Gasteiger partial charge on any atom is -0.494 e. The fourth-order valence-electron chi connectivity index (χ4n) is 2.15. The van der Waals surface area contributed by atoms with Crippen molar-refractivity contribution >= 4 is 23.5 Å². The Labute approximate surface area is 146 Å². The maximum atomic E-state index is 12.0. The van der Waals surface area contributed by atoms with Crippen LogP contribution in [-0.4, -0.2) is 23.7 Å². The molecule has 0 aliphatic heterocycles. The Hall–Kier alpha value is -2.21. The number of unbranched alkanes of at least 4 members (excludes halogenated alkanes) is 2. The summed E-state index contributed by atoms with van der Waals surface area (Å²) in [6, 6.07) is 7.64. The molecule has 0 saturated heterocycles. The van der Waals surface area contributed by atoms with E-state index < -0.39 is 0 Å². The number of hydrazone groups is 1. The zero-order chi connectivity index (χ0) is 17.4. The second kappa shape index (κ2) is 9.17. The number of aryl methyl sites for hydroxylation is 2. The van der Waals surface area contributed by atoms with Crippen LogP contribution < -0.4 is 10.2 Å². The van der Waals surface area contributed by atoms with Gasteiger partial charge in [0.2, 0.25) is 0 Å². The molecule has 0 atom stereocenters. The average molecular weight is 345 g/mol. The van der Waals surface area contributed by atoms with Crippen molar-refractivity contribution in [2.24, 2.45) is 5.10 Å². The maximum absolute atomic E-state index is 12.0. The predicted octanol–water partition coefficient (Wildman–Crippen LogP) is 4.09. The van der Waals surface area contributed by atoms with E-state index in [2.05, 4.69) is 22.4 Å². The first-order chi connectivity index (χ1) is 11.6. The summed E-state index contributed by atoms with van der Waals surface area (Å²) in [4.78, 5) is 16.9. The van der Waals surface area contributed by atoms with Crippen molar-refractivity contribution in [3.8, 4) is 5.75 Å². The van der Waals surface area contributed by atoms with Gasteiger partial charge in [0.15, 0.2) is 0 Å². The van der Waals surface area contributed by atoms with Crippen molar-refractivity contribution in [1.29, 1.82) is 0 Å². The van der Waals surface area contributed by atoms with Gasteiger partial charge < -0.3 is 4.74 Å². The summed E-state index contributed by atoms with van der Waals surface area (Å²) in [5.41, 5.74) is 4.16. The molecule has 0 unspecified atom stereocenters. The van der Waals surface area contributed by atoms with Gasteiger partial charge in [-0.1, -0.05) is 19.8 Å². The first-order valence-corrected chi connectivity index (χ1v) is 8.92. The molecule has 1 aromatic heterocycles. The summed E-state index contributed by atoms with van der Waals surface area (Å²) in [5, 5.41) is 4.87. The molecule has 0 fully saturated rings.